The summed E-state index contributed by atoms with van der Waals surface area (Å²) in [5.74, 6) is 0.485. The van der Waals surface area contributed by atoms with E-state index < -0.39 is 6.10 Å². The first kappa shape index (κ1) is 15.3. The van der Waals surface area contributed by atoms with Crippen molar-refractivity contribution in [3.05, 3.63) is 59.3 Å². The number of benzene rings is 1. The average Bonchev–Trinajstić information content (AvgIpc) is 2.89. The number of fused-ring (bicyclic) bond motifs is 1. The minimum Gasteiger partial charge on any atom is -0.481 e. The number of amides is 2. The van der Waals surface area contributed by atoms with Crippen molar-refractivity contribution in [2.75, 3.05) is 7.11 Å². The van der Waals surface area contributed by atoms with Crippen LogP contribution in [-0.2, 0) is 13.0 Å². The highest BCUT2D eigenvalue weighted by Crippen LogP contribution is 2.31. The third-order valence-electron chi connectivity index (χ3n) is 3.97. The van der Waals surface area contributed by atoms with Crippen LogP contribution in [0.15, 0.2) is 42.6 Å². The van der Waals surface area contributed by atoms with Crippen molar-refractivity contribution in [3.63, 3.8) is 0 Å². The number of aromatic nitrogens is 1. The van der Waals surface area contributed by atoms with E-state index in [1.54, 1.807) is 12.3 Å². The molecule has 6 nitrogen and oxygen atoms in total. The lowest BCUT2D eigenvalue weighted by Crippen LogP contribution is -2.40. The van der Waals surface area contributed by atoms with Gasteiger partial charge >= 0.3 is 6.03 Å². The van der Waals surface area contributed by atoms with E-state index in [2.05, 4.69) is 15.6 Å². The largest absolute Gasteiger partial charge is 0.481 e. The zero-order valence-electron chi connectivity index (χ0n) is 12.8. The maximum Gasteiger partial charge on any atom is 0.315 e. The average molecular weight is 313 g/mol. The number of hydrogen-bond acceptors (Lipinski definition) is 4. The molecule has 0 saturated carbocycles. The molecule has 3 N–H and O–H groups in total. The summed E-state index contributed by atoms with van der Waals surface area (Å²) in [6.07, 6.45) is 1.58. The number of nitrogens with zero attached hydrogens (tertiary/aromatic N) is 1. The summed E-state index contributed by atoms with van der Waals surface area (Å²) in [6.45, 7) is 0.299. The maximum atomic E-state index is 12.1. The standard InChI is InChI=1S/C17H19N3O3/c1-23-16-12(6-4-8-18-16)10-19-17(22)20-15-13-7-3-2-5-11(13)9-14(15)21/h2-8,14-15,21H,9-10H2,1H3,(H2,19,20,22)/t14-,15+/m0/s1. The van der Waals surface area contributed by atoms with Crippen molar-refractivity contribution < 1.29 is 14.6 Å². The van der Waals surface area contributed by atoms with Gasteiger partial charge in [-0.25, -0.2) is 9.78 Å². The molecule has 0 unspecified atom stereocenters. The van der Waals surface area contributed by atoms with E-state index in [9.17, 15) is 9.90 Å². The highest BCUT2D eigenvalue weighted by atomic mass is 16.5. The van der Waals surface area contributed by atoms with E-state index >= 15 is 0 Å². The van der Waals surface area contributed by atoms with Crippen LogP contribution in [0.25, 0.3) is 0 Å². The van der Waals surface area contributed by atoms with Crippen LogP contribution < -0.4 is 15.4 Å². The second kappa shape index (κ2) is 6.66. The Bertz CT molecular complexity index is 705. The molecular formula is C17H19N3O3. The number of nitrogens with one attached hydrogen (secondary N) is 2. The molecule has 0 spiro atoms. The van der Waals surface area contributed by atoms with Crippen LogP contribution in [0.2, 0.25) is 0 Å². The number of aliphatic hydroxyl groups excluding tert-OH is 1. The number of carbonyl (C=O) groups excluding carboxylic acids is 1. The molecule has 0 aliphatic heterocycles. The normalized spacial score (nSPS) is 19.0. The van der Waals surface area contributed by atoms with Crippen molar-refractivity contribution in [2.24, 2.45) is 0 Å². The molecule has 6 heteroatoms. The Morgan fingerprint density at radius 2 is 2.17 bits per heavy atom. The number of rotatable bonds is 4. The number of hydrogen-bond donors (Lipinski definition) is 3. The highest BCUT2D eigenvalue weighted by Gasteiger charge is 2.31. The predicted molar refractivity (Wildman–Crippen MR) is 85.1 cm³/mol. The smallest absolute Gasteiger partial charge is 0.315 e. The Morgan fingerprint density at radius 3 is 3.00 bits per heavy atom. The topological polar surface area (TPSA) is 83.5 Å². The van der Waals surface area contributed by atoms with E-state index in [1.807, 2.05) is 30.3 Å². The molecule has 0 radical (unpaired) electrons. The van der Waals surface area contributed by atoms with Gasteiger partial charge in [-0.1, -0.05) is 30.3 Å². The Balaban J connectivity index is 1.62. The van der Waals surface area contributed by atoms with Crippen molar-refractivity contribution in [1.29, 1.82) is 0 Å². The molecule has 3 rings (SSSR count). The van der Waals surface area contributed by atoms with E-state index in [0.717, 1.165) is 16.7 Å². The molecular weight excluding hydrogens is 294 g/mol. The van der Waals surface area contributed by atoms with Gasteiger partial charge in [0.2, 0.25) is 5.88 Å². The summed E-state index contributed by atoms with van der Waals surface area (Å²) in [4.78, 5) is 16.2. The second-order valence-electron chi connectivity index (χ2n) is 5.45. The number of aliphatic hydroxyl groups is 1. The summed E-state index contributed by atoms with van der Waals surface area (Å²) in [5.41, 5.74) is 2.82. The van der Waals surface area contributed by atoms with Crippen molar-refractivity contribution >= 4 is 6.03 Å². The predicted octanol–water partition coefficient (Wildman–Crippen LogP) is 1.55. The molecule has 120 valence electrons. The first-order valence-corrected chi connectivity index (χ1v) is 7.47. The van der Waals surface area contributed by atoms with Crippen LogP contribution in [0.4, 0.5) is 4.79 Å². The lowest BCUT2D eigenvalue weighted by molar-refractivity contribution is 0.142. The summed E-state index contributed by atoms with van der Waals surface area (Å²) >= 11 is 0. The monoisotopic (exact) mass is 313 g/mol. The lowest BCUT2D eigenvalue weighted by atomic mass is 10.1. The minimum atomic E-state index is -0.605. The Kier molecular flexibility index (Phi) is 4.43. The van der Waals surface area contributed by atoms with Gasteiger partial charge in [0, 0.05) is 24.7 Å². The van der Waals surface area contributed by atoms with E-state index in [1.165, 1.54) is 7.11 Å². The highest BCUT2D eigenvalue weighted by molar-refractivity contribution is 5.75. The molecule has 2 amide bonds. The molecule has 0 saturated heterocycles. The molecule has 0 bridgehead atoms. The molecule has 1 heterocycles. The van der Waals surface area contributed by atoms with Gasteiger partial charge < -0.3 is 20.5 Å². The van der Waals surface area contributed by atoms with Crippen molar-refractivity contribution in [2.45, 2.75) is 25.1 Å². The van der Waals surface area contributed by atoms with Crippen LogP contribution in [0, 0.1) is 0 Å². The Labute approximate surface area is 134 Å². The van der Waals surface area contributed by atoms with E-state index in [0.29, 0.717) is 18.8 Å². The summed E-state index contributed by atoms with van der Waals surface area (Å²) in [7, 11) is 1.54. The van der Waals surface area contributed by atoms with Crippen LogP contribution in [0.5, 0.6) is 5.88 Å². The summed E-state index contributed by atoms with van der Waals surface area (Å²) in [6, 6.07) is 10.6. The molecule has 2 aromatic rings. The van der Waals surface area contributed by atoms with Gasteiger partial charge in [0.1, 0.15) is 0 Å². The molecule has 1 aromatic carbocycles. The fourth-order valence-electron chi connectivity index (χ4n) is 2.86. The number of ether oxygens (including phenoxy) is 1. The number of pyridine rings is 1. The van der Waals surface area contributed by atoms with Gasteiger partial charge in [-0.3, -0.25) is 0 Å². The minimum absolute atomic E-state index is 0.299. The van der Waals surface area contributed by atoms with Crippen LogP contribution >= 0.6 is 0 Å². The molecule has 1 aliphatic carbocycles. The van der Waals surface area contributed by atoms with Gasteiger partial charge in [0.25, 0.3) is 0 Å². The number of carbonyl (C=O) groups is 1. The van der Waals surface area contributed by atoms with Crippen molar-refractivity contribution in [3.8, 4) is 5.88 Å². The van der Waals surface area contributed by atoms with Gasteiger partial charge in [-0.2, -0.15) is 0 Å². The summed E-state index contributed by atoms with van der Waals surface area (Å²) in [5, 5.41) is 15.8. The zero-order chi connectivity index (χ0) is 16.2. The molecule has 0 fully saturated rings. The second-order valence-corrected chi connectivity index (χ2v) is 5.45. The van der Waals surface area contributed by atoms with Gasteiger partial charge in [0.15, 0.2) is 0 Å². The lowest BCUT2D eigenvalue weighted by Gasteiger charge is -2.18. The Morgan fingerprint density at radius 1 is 1.35 bits per heavy atom. The third kappa shape index (κ3) is 3.27. The fourth-order valence-corrected chi connectivity index (χ4v) is 2.86. The molecule has 1 aromatic heterocycles. The quantitative estimate of drug-likeness (QED) is 0.799. The first-order valence-electron chi connectivity index (χ1n) is 7.47. The molecule has 1 aliphatic rings. The molecule has 23 heavy (non-hydrogen) atoms. The summed E-state index contributed by atoms with van der Waals surface area (Å²) < 4.78 is 5.15. The van der Waals surface area contributed by atoms with Gasteiger partial charge in [-0.05, 0) is 17.2 Å². The Hall–Kier alpha value is -2.60. The third-order valence-corrected chi connectivity index (χ3v) is 3.97. The van der Waals surface area contributed by atoms with E-state index in [4.69, 9.17) is 4.74 Å². The van der Waals surface area contributed by atoms with Crippen LogP contribution in [0.1, 0.15) is 22.7 Å². The zero-order valence-corrected chi connectivity index (χ0v) is 12.8. The first-order chi connectivity index (χ1) is 11.2. The fraction of sp³-hybridized carbons (Fsp3) is 0.294. The van der Waals surface area contributed by atoms with E-state index in [-0.39, 0.29) is 12.1 Å². The van der Waals surface area contributed by atoms with Crippen LogP contribution in [0.3, 0.4) is 0 Å². The van der Waals surface area contributed by atoms with Crippen LogP contribution in [-0.4, -0.2) is 29.3 Å². The SMILES string of the molecule is COc1ncccc1CNC(=O)N[C@@H]1c2ccccc2C[C@@H]1O. The van der Waals surface area contributed by atoms with Crippen molar-refractivity contribution in [1.82, 2.24) is 15.6 Å². The van der Waals surface area contributed by atoms with Gasteiger partial charge in [-0.15, -0.1) is 0 Å². The molecule has 2 atom stereocenters. The maximum absolute atomic E-state index is 12.1. The number of urea groups is 1. The van der Waals surface area contributed by atoms with Gasteiger partial charge in [0.05, 0.1) is 19.3 Å². The number of methoxy groups -OCH3 is 1.